The molecule has 1 heterocycles. The lowest BCUT2D eigenvalue weighted by Gasteiger charge is -2.35. The van der Waals surface area contributed by atoms with Gasteiger partial charge in [0.25, 0.3) is 0 Å². The van der Waals surface area contributed by atoms with Gasteiger partial charge in [0.2, 0.25) is 5.91 Å². The van der Waals surface area contributed by atoms with Crippen LogP contribution in [0.3, 0.4) is 0 Å². The average Bonchev–Trinajstić information content (AvgIpc) is 2.55. The fourth-order valence-corrected chi connectivity index (χ4v) is 2.74. The second-order valence-corrected chi connectivity index (χ2v) is 5.62. The van der Waals surface area contributed by atoms with Crippen LogP contribution in [0.15, 0.2) is 30.3 Å². The van der Waals surface area contributed by atoms with Crippen LogP contribution in [0.2, 0.25) is 0 Å². The Kier molecular flexibility index (Phi) is 5.95. The van der Waals surface area contributed by atoms with Crippen molar-refractivity contribution < 1.29 is 14.3 Å². The number of rotatable bonds is 5. The third kappa shape index (κ3) is 4.31. The van der Waals surface area contributed by atoms with Gasteiger partial charge in [-0.05, 0) is 45.4 Å². The van der Waals surface area contributed by atoms with Crippen molar-refractivity contribution in [3.8, 4) is 0 Å². The number of piperidine rings is 1. The van der Waals surface area contributed by atoms with E-state index in [9.17, 15) is 9.59 Å². The summed E-state index contributed by atoms with van der Waals surface area (Å²) in [6.07, 6.45) is 1.74. The number of amides is 1. The van der Waals surface area contributed by atoms with Crippen molar-refractivity contribution >= 4 is 17.6 Å². The first-order valence-electron chi connectivity index (χ1n) is 7.88. The summed E-state index contributed by atoms with van der Waals surface area (Å²) >= 11 is 0. The van der Waals surface area contributed by atoms with E-state index in [-0.39, 0.29) is 23.8 Å². The SMILES string of the molecule is CCOC(=O)C1CCCN(C(C)C(=O)Nc2ccccc2)C1. The van der Waals surface area contributed by atoms with Gasteiger partial charge in [0.15, 0.2) is 0 Å². The Labute approximate surface area is 131 Å². The number of ether oxygens (including phenoxy) is 1. The Bertz CT molecular complexity index is 504. The zero-order chi connectivity index (χ0) is 15.9. The van der Waals surface area contributed by atoms with Crippen molar-refractivity contribution in [3.63, 3.8) is 0 Å². The summed E-state index contributed by atoms with van der Waals surface area (Å²) in [7, 11) is 0. The van der Waals surface area contributed by atoms with Crippen LogP contribution < -0.4 is 5.32 Å². The third-order valence-corrected chi connectivity index (χ3v) is 4.04. The highest BCUT2D eigenvalue weighted by atomic mass is 16.5. The van der Waals surface area contributed by atoms with Gasteiger partial charge < -0.3 is 10.1 Å². The minimum atomic E-state index is -0.266. The minimum absolute atomic E-state index is 0.0456. The zero-order valence-electron chi connectivity index (χ0n) is 13.2. The molecule has 0 bridgehead atoms. The summed E-state index contributed by atoms with van der Waals surface area (Å²) in [6.45, 7) is 5.51. The van der Waals surface area contributed by atoms with Gasteiger partial charge in [-0.25, -0.2) is 0 Å². The maximum atomic E-state index is 12.3. The summed E-state index contributed by atoms with van der Waals surface area (Å²) in [5.41, 5.74) is 0.790. The number of para-hydroxylation sites is 1. The molecule has 5 nitrogen and oxygen atoms in total. The Hall–Kier alpha value is -1.88. The predicted octanol–water partition coefficient (Wildman–Crippen LogP) is 2.29. The van der Waals surface area contributed by atoms with Gasteiger partial charge >= 0.3 is 5.97 Å². The van der Waals surface area contributed by atoms with E-state index in [0.29, 0.717) is 13.2 Å². The van der Waals surface area contributed by atoms with E-state index in [1.54, 1.807) is 0 Å². The van der Waals surface area contributed by atoms with Crippen molar-refractivity contribution in [1.29, 1.82) is 0 Å². The number of esters is 1. The maximum absolute atomic E-state index is 12.3. The standard InChI is InChI=1S/C17H24N2O3/c1-3-22-17(21)14-8-7-11-19(12-14)13(2)16(20)18-15-9-5-4-6-10-15/h4-6,9-10,13-14H,3,7-8,11-12H2,1-2H3,(H,18,20). The Morgan fingerprint density at radius 3 is 2.77 bits per heavy atom. The van der Waals surface area contributed by atoms with Gasteiger partial charge in [0, 0.05) is 12.2 Å². The number of carbonyl (C=O) groups is 2. The fraction of sp³-hybridized carbons (Fsp3) is 0.529. The molecule has 1 aromatic carbocycles. The highest BCUT2D eigenvalue weighted by molar-refractivity contribution is 5.94. The fourth-order valence-electron chi connectivity index (χ4n) is 2.74. The molecule has 1 aromatic rings. The number of hydrogen-bond acceptors (Lipinski definition) is 4. The summed E-state index contributed by atoms with van der Waals surface area (Å²) in [5.74, 6) is -0.320. The van der Waals surface area contributed by atoms with Gasteiger partial charge in [-0.2, -0.15) is 0 Å². The van der Waals surface area contributed by atoms with Gasteiger partial charge in [0.1, 0.15) is 0 Å². The number of anilines is 1. The molecule has 2 atom stereocenters. The first-order chi connectivity index (χ1) is 10.6. The second kappa shape index (κ2) is 7.94. The molecular formula is C17H24N2O3. The molecule has 0 spiro atoms. The molecule has 1 saturated heterocycles. The maximum Gasteiger partial charge on any atom is 0.310 e. The van der Waals surface area contributed by atoms with Crippen LogP contribution >= 0.6 is 0 Å². The first kappa shape index (κ1) is 16.5. The van der Waals surface area contributed by atoms with E-state index in [0.717, 1.165) is 25.1 Å². The van der Waals surface area contributed by atoms with E-state index in [4.69, 9.17) is 4.74 Å². The largest absolute Gasteiger partial charge is 0.466 e. The van der Waals surface area contributed by atoms with E-state index in [2.05, 4.69) is 10.2 Å². The number of benzene rings is 1. The molecule has 1 fully saturated rings. The zero-order valence-corrected chi connectivity index (χ0v) is 13.2. The van der Waals surface area contributed by atoms with Crippen molar-refractivity contribution in [3.05, 3.63) is 30.3 Å². The summed E-state index contributed by atoms with van der Waals surface area (Å²) in [6, 6.07) is 9.14. The number of nitrogens with zero attached hydrogens (tertiary/aromatic N) is 1. The number of likely N-dealkylation sites (tertiary alicyclic amines) is 1. The van der Waals surface area contributed by atoms with Crippen molar-refractivity contribution in [2.24, 2.45) is 5.92 Å². The Morgan fingerprint density at radius 1 is 1.36 bits per heavy atom. The van der Waals surface area contributed by atoms with Gasteiger partial charge in [-0.15, -0.1) is 0 Å². The second-order valence-electron chi connectivity index (χ2n) is 5.62. The van der Waals surface area contributed by atoms with Crippen molar-refractivity contribution in [1.82, 2.24) is 4.90 Å². The molecule has 0 saturated carbocycles. The molecule has 1 aliphatic rings. The van der Waals surface area contributed by atoms with Crippen LogP contribution in [0.4, 0.5) is 5.69 Å². The highest BCUT2D eigenvalue weighted by Crippen LogP contribution is 2.20. The topological polar surface area (TPSA) is 58.6 Å². The van der Waals surface area contributed by atoms with Gasteiger partial charge in [-0.1, -0.05) is 18.2 Å². The molecule has 1 N–H and O–H groups in total. The molecule has 1 aliphatic heterocycles. The average molecular weight is 304 g/mol. The summed E-state index contributed by atoms with van der Waals surface area (Å²) in [4.78, 5) is 26.3. The van der Waals surface area contributed by atoms with E-state index in [1.165, 1.54) is 0 Å². The molecule has 22 heavy (non-hydrogen) atoms. The monoisotopic (exact) mass is 304 g/mol. The van der Waals surface area contributed by atoms with Crippen LogP contribution in [0.1, 0.15) is 26.7 Å². The van der Waals surface area contributed by atoms with E-state index < -0.39 is 0 Å². The lowest BCUT2D eigenvalue weighted by Crippen LogP contribution is -2.48. The van der Waals surface area contributed by atoms with E-state index >= 15 is 0 Å². The van der Waals surface area contributed by atoms with Gasteiger partial charge in [-0.3, -0.25) is 14.5 Å². The summed E-state index contributed by atoms with van der Waals surface area (Å²) in [5, 5.41) is 2.91. The molecule has 0 radical (unpaired) electrons. The smallest absolute Gasteiger partial charge is 0.310 e. The highest BCUT2D eigenvalue weighted by Gasteiger charge is 2.31. The van der Waals surface area contributed by atoms with Crippen molar-refractivity contribution in [2.75, 3.05) is 25.0 Å². The quantitative estimate of drug-likeness (QED) is 0.848. The van der Waals surface area contributed by atoms with Crippen LogP contribution in [-0.2, 0) is 14.3 Å². The van der Waals surface area contributed by atoms with Gasteiger partial charge in [0.05, 0.1) is 18.6 Å². The molecular weight excluding hydrogens is 280 g/mol. The molecule has 0 aliphatic carbocycles. The Balaban J connectivity index is 1.92. The van der Waals surface area contributed by atoms with Crippen LogP contribution in [0, 0.1) is 5.92 Å². The first-order valence-corrected chi connectivity index (χ1v) is 7.88. The molecule has 5 heteroatoms. The molecule has 2 unspecified atom stereocenters. The number of nitrogens with one attached hydrogen (secondary N) is 1. The predicted molar refractivity (Wildman–Crippen MR) is 85.5 cm³/mol. The van der Waals surface area contributed by atoms with Crippen LogP contribution in [-0.4, -0.2) is 42.5 Å². The Morgan fingerprint density at radius 2 is 2.09 bits per heavy atom. The molecule has 2 rings (SSSR count). The number of hydrogen-bond donors (Lipinski definition) is 1. The summed E-state index contributed by atoms with van der Waals surface area (Å²) < 4.78 is 5.10. The minimum Gasteiger partial charge on any atom is -0.466 e. The lowest BCUT2D eigenvalue weighted by molar-refractivity contribution is -0.150. The molecule has 0 aromatic heterocycles. The van der Waals surface area contributed by atoms with Crippen LogP contribution in [0.25, 0.3) is 0 Å². The number of carbonyl (C=O) groups excluding carboxylic acids is 2. The van der Waals surface area contributed by atoms with Crippen molar-refractivity contribution in [2.45, 2.75) is 32.7 Å². The third-order valence-electron chi connectivity index (χ3n) is 4.04. The van der Waals surface area contributed by atoms with E-state index in [1.807, 2.05) is 44.2 Å². The molecule has 1 amide bonds. The lowest BCUT2D eigenvalue weighted by atomic mass is 9.97. The normalized spacial score (nSPS) is 20.2. The molecule has 120 valence electrons. The van der Waals surface area contributed by atoms with Crippen LogP contribution in [0.5, 0.6) is 0 Å².